The molecule has 0 bridgehead atoms. The first-order chi connectivity index (χ1) is 7.50. The highest BCUT2D eigenvalue weighted by molar-refractivity contribution is 7.20. The third-order valence-electron chi connectivity index (χ3n) is 1.77. The summed E-state index contributed by atoms with van der Waals surface area (Å²) in [6.07, 6.45) is 0. The molecule has 2 rings (SSSR count). The van der Waals surface area contributed by atoms with Crippen molar-refractivity contribution in [3.63, 3.8) is 0 Å². The molecule has 0 amide bonds. The topological polar surface area (TPSA) is 34.1 Å². The van der Waals surface area contributed by atoms with Crippen LogP contribution >= 0.6 is 11.3 Å². The maximum Gasteiger partial charge on any atom is 0.169 e. The van der Waals surface area contributed by atoms with Gasteiger partial charge in [-0.25, -0.2) is 0 Å². The summed E-state index contributed by atoms with van der Waals surface area (Å²) in [4.78, 5) is 21.3. The minimum Gasteiger partial charge on any atom is -0.300 e. The normalized spacial score (nSPS) is 9.44. The smallest absolute Gasteiger partial charge is 0.169 e. The predicted molar refractivity (Wildman–Crippen MR) is 68.2 cm³/mol. The average molecular weight is 234 g/mol. The number of thiophene rings is 1. The Labute approximate surface area is 98.9 Å². The van der Waals surface area contributed by atoms with E-state index in [-0.39, 0.29) is 11.6 Å². The van der Waals surface area contributed by atoms with E-state index in [1.54, 1.807) is 18.3 Å². The number of carbonyl (C=O) groups excluding carboxylic acids is 2. The molecule has 1 aromatic heterocycles. The number of rotatable bonds is 1. The molecular weight excluding hydrogens is 220 g/mol. The summed E-state index contributed by atoms with van der Waals surface area (Å²) in [5, 5.41) is 1.16. The van der Waals surface area contributed by atoms with Gasteiger partial charge in [0.1, 0.15) is 5.78 Å². The number of ketones is 2. The predicted octanol–water partition coefficient (Wildman–Crippen LogP) is 3.70. The van der Waals surface area contributed by atoms with Crippen molar-refractivity contribution in [1.29, 1.82) is 0 Å². The molecule has 0 saturated carbocycles. The summed E-state index contributed by atoms with van der Waals surface area (Å²) in [7, 11) is 0. The second kappa shape index (κ2) is 5.56. The van der Waals surface area contributed by atoms with Crippen molar-refractivity contribution in [2.45, 2.75) is 20.8 Å². The highest BCUT2D eigenvalue weighted by Crippen LogP contribution is 2.25. The van der Waals surface area contributed by atoms with Crippen molar-refractivity contribution >= 4 is 33.0 Å². The van der Waals surface area contributed by atoms with E-state index in [2.05, 4.69) is 0 Å². The van der Waals surface area contributed by atoms with E-state index in [1.807, 2.05) is 30.3 Å². The first kappa shape index (κ1) is 12.6. The molecular formula is C13H14O2S. The molecule has 84 valence electrons. The van der Waals surface area contributed by atoms with Crippen LogP contribution in [0, 0.1) is 0 Å². The molecule has 0 N–H and O–H groups in total. The summed E-state index contributed by atoms with van der Waals surface area (Å²) < 4.78 is 1.18. The van der Waals surface area contributed by atoms with Gasteiger partial charge in [-0.3, -0.25) is 4.79 Å². The Hall–Kier alpha value is -1.48. The van der Waals surface area contributed by atoms with Crippen LogP contribution in [0.25, 0.3) is 10.1 Å². The van der Waals surface area contributed by atoms with Crippen LogP contribution in [-0.2, 0) is 4.79 Å². The number of carbonyl (C=O) groups is 2. The zero-order chi connectivity index (χ0) is 12.1. The Morgan fingerprint density at radius 2 is 1.62 bits per heavy atom. The summed E-state index contributed by atoms with van der Waals surface area (Å²) in [6.45, 7) is 4.66. The monoisotopic (exact) mass is 234 g/mol. The van der Waals surface area contributed by atoms with Crippen LogP contribution in [0.2, 0.25) is 0 Å². The van der Waals surface area contributed by atoms with Gasteiger partial charge < -0.3 is 4.79 Å². The second-order valence-corrected chi connectivity index (χ2v) is 4.70. The quantitative estimate of drug-likeness (QED) is 0.705. The highest BCUT2D eigenvalue weighted by Gasteiger charge is 2.03. The van der Waals surface area contributed by atoms with Crippen LogP contribution in [0.4, 0.5) is 0 Å². The fraction of sp³-hybridized carbons (Fsp3) is 0.231. The number of Topliss-reactive ketones (excluding diaryl/α,β-unsaturated/α-hetero) is 2. The third kappa shape index (κ3) is 3.59. The summed E-state index contributed by atoms with van der Waals surface area (Å²) in [5.41, 5.74) is 0. The first-order valence-corrected chi connectivity index (χ1v) is 5.79. The molecule has 0 atom stereocenters. The molecule has 0 radical (unpaired) electrons. The lowest BCUT2D eigenvalue weighted by molar-refractivity contribution is -0.114. The lowest BCUT2D eigenvalue weighted by Crippen LogP contribution is -1.83. The van der Waals surface area contributed by atoms with Crippen molar-refractivity contribution in [3.8, 4) is 0 Å². The van der Waals surface area contributed by atoms with E-state index < -0.39 is 0 Å². The van der Waals surface area contributed by atoms with Gasteiger partial charge in [0.15, 0.2) is 5.78 Å². The van der Waals surface area contributed by atoms with Crippen molar-refractivity contribution in [3.05, 3.63) is 35.2 Å². The Bertz CT molecular complexity index is 474. The van der Waals surface area contributed by atoms with Crippen LogP contribution in [0.15, 0.2) is 30.3 Å². The standard InChI is InChI=1S/C10H8OS.C3H6O/c1-7(11)10-6-8-4-2-3-5-9(8)12-10;1-3(2)4/h2-6H,1H3;1-2H3. The summed E-state index contributed by atoms with van der Waals surface area (Å²) in [5.74, 6) is 0.316. The van der Waals surface area contributed by atoms with Gasteiger partial charge in [-0.05, 0) is 38.3 Å². The number of hydrogen-bond donors (Lipinski definition) is 0. The van der Waals surface area contributed by atoms with Crippen LogP contribution in [-0.4, -0.2) is 11.6 Å². The van der Waals surface area contributed by atoms with Gasteiger partial charge in [0.05, 0.1) is 4.88 Å². The van der Waals surface area contributed by atoms with E-state index in [0.717, 1.165) is 10.3 Å². The zero-order valence-electron chi connectivity index (χ0n) is 9.61. The number of fused-ring (bicyclic) bond motifs is 1. The molecule has 0 spiro atoms. The minimum absolute atomic E-state index is 0.149. The second-order valence-electron chi connectivity index (χ2n) is 3.61. The fourth-order valence-electron chi connectivity index (χ4n) is 1.16. The maximum absolute atomic E-state index is 11.0. The molecule has 2 nitrogen and oxygen atoms in total. The Morgan fingerprint density at radius 1 is 1.06 bits per heavy atom. The van der Waals surface area contributed by atoms with Gasteiger partial charge in [0.2, 0.25) is 0 Å². The number of hydrogen-bond acceptors (Lipinski definition) is 3. The molecule has 0 aliphatic carbocycles. The average Bonchev–Trinajstić information content (AvgIpc) is 2.59. The van der Waals surface area contributed by atoms with Gasteiger partial charge in [-0.15, -0.1) is 11.3 Å². The molecule has 1 heterocycles. The molecule has 0 fully saturated rings. The van der Waals surface area contributed by atoms with Crippen LogP contribution in [0.3, 0.4) is 0 Å². The molecule has 2 aromatic rings. The summed E-state index contributed by atoms with van der Waals surface area (Å²) >= 11 is 1.56. The Kier molecular flexibility index (Phi) is 4.38. The highest BCUT2D eigenvalue weighted by atomic mass is 32.1. The fourth-order valence-corrected chi connectivity index (χ4v) is 2.11. The lowest BCUT2D eigenvalue weighted by atomic mass is 10.2. The molecule has 3 heteroatoms. The molecule has 1 aromatic carbocycles. The number of benzene rings is 1. The SMILES string of the molecule is CC(=O)c1cc2ccccc2s1.CC(C)=O. The van der Waals surface area contributed by atoms with Gasteiger partial charge >= 0.3 is 0 Å². The van der Waals surface area contributed by atoms with Crippen LogP contribution in [0.1, 0.15) is 30.4 Å². The summed E-state index contributed by atoms with van der Waals surface area (Å²) in [6, 6.07) is 9.98. The molecule has 0 aliphatic rings. The van der Waals surface area contributed by atoms with Crippen LogP contribution < -0.4 is 0 Å². The van der Waals surface area contributed by atoms with E-state index in [9.17, 15) is 9.59 Å². The van der Waals surface area contributed by atoms with Crippen molar-refractivity contribution in [2.24, 2.45) is 0 Å². The molecule has 0 saturated heterocycles. The third-order valence-corrected chi connectivity index (χ3v) is 2.99. The van der Waals surface area contributed by atoms with Gasteiger partial charge in [0.25, 0.3) is 0 Å². The van der Waals surface area contributed by atoms with Gasteiger partial charge in [0, 0.05) is 4.70 Å². The zero-order valence-corrected chi connectivity index (χ0v) is 10.4. The largest absolute Gasteiger partial charge is 0.300 e. The van der Waals surface area contributed by atoms with E-state index >= 15 is 0 Å². The van der Waals surface area contributed by atoms with E-state index in [1.165, 1.54) is 18.5 Å². The van der Waals surface area contributed by atoms with Gasteiger partial charge in [-0.1, -0.05) is 18.2 Å². The Balaban J connectivity index is 0.000000280. The van der Waals surface area contributed by atoms with E-state index in [0.29, 0.717) is 0 Å². The molecule has 0 aliphatic heterocycles. The molecule has 16 heavy (non-hydrogen) atoms. The first-order valence-electron chi connectivity index (χ1n) is 4.97. The van der Waals surface area contributed by atoms with Crippen LogP contribution in [0.5, 0.6) is 0 Å². The lowest BCUT2D eigenvalue weighted by Gasteiger charge is -1.82. The van der Waals surface area contributed by atoms with Crippen molar-refractivity contribution in [2.75, 3.05) is 0 Å². The maximum atomic E-state index is 11.0. The van der Waals surface area contributed by atoms with Crippen molar-refractivity contribution < 1.29 is 9.59 Å². The minimum atomic E-state index is 0.149. The molecule has 0 unspecified atom stereocenters. The Morgan fingerprint density at radius 3 is 2.12 bits per heavy atom. The van der Waals surface area contributed by atoms with E-state index in [4.69, 9.17) is 0 Å². The van der Waals surface area contributed by atoms with Gasteiger partial charge in [-0.2, -0.15) is 0 Å². The van der Waals surface area contributed by atoms with Crippen molar-refractivity contribution in [1.82, 2.24) is 0 Å².